The van der Waals surface area contributed by atoms with Gasteiger partial charge in [0, 0.05) is 12.8 Å². The van der Waals surface area contributed by atoms with Crippen molar-refractivity contribution in [2.45, 2.75) is 58.0 Å². The zero-order valence-electron chi connectivity index (χ0n) is 12.3. The smallest absolute Gasteiger partial charge is 0.303 e. The van der Waals surface area contributed by atoms with E-state index in [0.29, 0.717) is 6.42 Å². The summed E-state index contributed by atoms with van der Waals surface area (Å²) in [6.45, 7) is 3.43. The summed E-state index contributed by atoms with van der Waals surface area (Å²) in [6.07, 6.45) is 1.54. The lowest BCUT2D eigenvalue weighted by atomic mass is 10.1. The molecule has 2 atom stereocenters. The number of rotatable bonds is 10. The number of nitrogens with two attached hydrogens (primary N) is 1. The molecule has 0 saturated carbocycles. The van der Waals surface area contributed by atoms with Gasteiger partial charge in [-0.2, -0.15) is 0 Å². The van der Waals surface area contributed by atoms with E-state index in [4.69, 9.17) is 10.8 Å². The fourth-order valence-corrected chi connectivity index (χ4v) is 1.57. The fraction of sp³-hybridized carbons (Fsp3) is 0.692. The first-order chi connectivity index (χ1) is 9.77. The third kappa shape index (κ3) is 8.61. The summed E-state index contributed by atoms with van der Waals surface area (Å²) < 4.78 is 0. The quantitative estimate of drug-likeness (QED) is 0.431. The SMILES string of the molecule is CCCCC(=O)N[C@@H](C)C(=O)N[C@H](CCC(=O)O)C(N)=O. The van der Waals surface area contributed by atoms with Crippen molar-refractivity contribution in [3.63, 3.8) is 0 Å². The highest BCUT2D eigenvalue weighted by Gasteiger charge is 2.23. The highest BCUT2D eigenvalue weighted by atomic mass is 16.4. The summed E-state index contributed by atoms with van der Waals surface area (Å²) in [5.74, 6) is -2.72. The molecule has 0 heterocycles. The maximum atomic E-state index is 11.8. The zero-order valence-corrected chi connectivity index (χ0v) is 12.3. The summed E-state index contributed by atoms with van der Waals surface area (Å²) >= 11 is 0. The van der Waals surface area contributed by atoms with Gasteiger partial charge in [-0.1, -0.05) is 13.3 Å². The van der Waals surface area contributed by atoms with Crippen LogP contribution in [-0.4, -0.2) is 40.9 Å². The maximum Gasteiger partial charge on any atom is 0.303 e. The number of hydrogen-bond acceptors (Lipinski definition) is 4. The van der Waals surface area contributed by atoms with E-state index in [-0.39, 0.29) is 18.7 Å². The van der Waals surface area contributed by atoms with Crippen molar-refractivity contribution >= 4 is 23.7 Å². The Morgan fingerprint density at radius 3 is 2.24 bits per heavy atom. The van der Waals surface area contributed by atoms with E-state index in [2.05, 4.69) is 10.6 Å². The maximum absolute atomic E-state index is 11.8. The van der Waals surface area contributed by atoms with Crippen molar-refractivity contribution in [1.82, 2.24) is 10.6 Å². The first-order valence-corrected chi connectivity index (χ1v) is 6.88. The topological polar surface area (TPSA) is 139 Å². The van der Waals surface area contributed by atoms with Gasteiger partial charge in [0.1, 0.15) is 12.1 Å². The standard InChI is InChI=1S/C13H23N3O5/c1-3-4-5-10(17)15-8(2)13(21)16-9(12(14)20)6-7-11(18)19/h8-9H,3-7H2,1-2H3,(H2,14,20)(H,15,17)(H,16,21)(H,18,19)/t8-,9+/m0/s1. The Bertz CT molecular complexity index is 397. The third-order valence-electron chi connectivity index (χ3n) is 2.83. The number of nitrogens with one attached hydrogen (secondary N) is 2. The minimum Gasteiger partial charge on any atom is -0.481 e. The molecule has 0 radical (unpaired) electrons. The Hall–Kier alpha value is -2.12. The lowest BCUT2D eigenvalue weighted by Crippen LogP contribution is -2.51. The second kappa shape index (κ2) is 9.73. The van der Waals surface area contributed by atoms with Gasteiger partial charge in [-0.05, 0) is 19.8 Å². The van der Waals surface area contributed by atoms with Crippen molar-refractivity contribution in [3.05, 3.63) is 0 Å². The van der Waals surface area contributed by atoms with Gasteiger partial charge in [0.15, 0.2) is 0 Å². The number of carboxylic acid groups (broad SMARTS) is 1. The molecule has 0 fully saturated rings. The summed E-state index contributed by atoms with van der Waals surface area (Å²) in [5.41, 5.74) is 5.10. The molecule has 5 N–H and O–H groups in total. The van der Waals surface area contributed by atoms with Gasteiger partial charge in [-0.3, -0.25) is 19.2 Å². The van der Waals surface area contributed by atoms with E-state index >= 15 is 0 Å². The highest BCUT2D eigenvalue weighted by Crippen LogP contribution is 1.99. The minimum absolute atomic E-state index is 0.0904. The molecule has 21 heavy (non-hydrogen) atoms. The van der Waals surface area contributed by atoms with Crippen molar-refractivity contribution in [3.8, 4) is 0 Å². The second-order valence-corrected chi connectivity index (χ2v) is 4.79. The van der Waals surface area contributed by atoms with Gasteiger partial charge in [-0.25, -0.2) is 0 Å². The van der Waals surface area contributed by atoms with Crippen LogP contribution < -0.4 is 16.4 Å². The lowest BCUT2D eigenvalue weighted by molar-refractivity contribution is -0.137. The lowest BCUT2D eigenvalue weighted by Gasteiger charge is -2.18. The van der Waals surface area contributed by atoms with Crippen molar-refractivity contribution in [1.29, 1.82) is 0 Å². The first kappa shape index (κ1) is 18.9. The largest absolute Gasteiger partial charge is 0.481 e. The third-order valence-corrected chi connectivity index (χ3v) is 2.83. The Morgan fingerprint density at radius 2 is 1.76 bits per heavy atom. The monoisotopic (exact) mass is 301 g/mol. The van der Waals surface area contributed by atoms with Crippen molar-refractivity contribution in [2.24, 2.45) is 5.73 Å². The predicted octanol–water partition coefficient (Wildman–Crippen LogP) is -0.484. The number of hydrogen-bond donors (Lipinski definition) is 4. The molecule has 0 spiro atoms. The van der Waals surface area contributed by atoms with E-state index in [1.165, 1.54) is 6.92 Å². The van der Waals surface area contributed by atoms with E-state index in [9.17, 15) is 19.2 Å². The zero-order chi connectivity index (χ0) is 16.4. The van der Waals surface area contributed by atoms with E-state index in [1.54, 1.807) is 0 Å². The number of primary amides is 1. The van der Waals surface area contributed by atoms with Crippen LogP contribution in [0.2, 0.25) is 0 Å². The number of carbonyl (C=O) groups is 4. The van der Waals surface area contributed by atoms with Crippen LogP contribution in [0.4, 0.5) is 0 Å². The summed E-state index contributed by atoms with van der Waals surface area (Å²) in [7, 11) is 0. The molecule has 8 heteroatoms. The minimum atomic E-state index is -1.09. The normalized spacial score (nSPS) is 13.0. The Kier molecular flexibility index (Phi) is 8.75. The number of carboxylic acids is 1. The predicted molar refractivity (Wildman–Crippen MR) is 75.1 cm³/mol. The van der Waals surface area contributed by atoms with E-state index in [0.717, 1.165) is 12.8 Å². The first-order valence-electron chi connectivity index (χ1n) is 6.88. The number of amides is 3. The van der Waals surface area contributed by atoms with Crippen LogP contribution in [0.15, 0.2) is 0 Å². The average molecular weight is 301 g/mol. The molecule has 0 rings (SSSR count). The molecule has 0 aliphatic carbocycles. The van der Waals surface area contributed by atoms with Crippen LogP contribution >= 0.6 is 0 Å². The number of carbonyl (C=O) groups excluding carboxylic acids is 3. The van der Waals surface area contributed by atoms with E-state index in [1.807, 2.05) is 6.92 Å². The number of unbranched alkanes of at least 4 members (excludes halogenated alkanes) is 1. The second-order valence-electron chi connectivity index (χ2n) is 4.79. The summed E-state index contributed by atoms with van der Waals surface area (Å²) in [4.78, 5) is 45.0. The molecular formula is C13H23N3O5. The van der Waals surface area contributed by atoms with E-state index < -0.39 is 29.9 Å². The Balaban J connectivity index is 4.37. The molecule has 0 bridgehead atoms. The van der Waals surface area contributed by atoms with Gasteiger partial charge < -0.3 is 21.5 Å². The molecule has 3 amide bonds. The van der Waals surface area contributed by atoms with Crippen LogP contribution in [0.1, 0.15) is 46.0 Å². The molecule has 0 aromatic heterocycles. The fourth-order valence-electron chi connectivity index (χ4n) is 1.57. The summed E-state index contributed by atoms with van der Waals surface area (Å²) in [6, 6.07) is -1.88. The van der Waals surface area contributed by atoms with Gasteiger partial charge >= 0.3 is 5.97 Å². The highest BCUT2D eigenvalue weighted by molar-refractivity contribution is 5.91. The van der Waals surface area contributed by atoms with Gasteiger partial charge in [-0.15, -0.1) is 0 Å². The van der Waals surface area contributed by atoms with Crippen LogP contribution in [0, 0.1) is 0 Å². The molecule has 120 valence electrons. The van der Waals surface area contributed by atoms with Crippen LogP contribution in [0.3, 0.4) is 0 Å². The Labute approximate surface area is 123 Å². The molecule has 0 unspecified atom stereocenters. The van der Waals surface area contributed by atoms with Crippen LogP contribution in [0.25, 0.3) is 0 Å². The van der Waals surface area contributed by atoms with Crippen molar-refractivity contribution < 1.29 is 24.3 Å². The van der Waals surface area contributed by atoms with Crippen LogP contribution in [0.5, 0.6) is 0 Å². The van der Waals surface area contributed by atoms with Gasteiger partial charge in [0.05, 0.1) is 0 Å². The molecule has 8 nitrogen and oxygen atoms in total. The molecule has 0 aliphatic rings. The molecule has 0 aromatic rings. The molecule has 0 aromatic carbocycles. The molecule has 0 saturated heterocycles. The number of aliphatic carboxylic acids is 1. The average Bonchev–Trinajstić information content (AvgIpc) is 2.40. The Morgan fingerprint density at radius 1 is 1.14 bits per heavy atom. The van der Waals surface area contributed by atoms with Crippen molar-refractivity contribution in [2.75, 3.05) is 0 Å². The van der Waals surface area contributed by atoms with Gasteiger partial charge in [0.25, 0.3) is 0 Å². The van der Waals surface area contributed by atoms with Crippen LogP contribution in [-0.2, 0) is 19.2 Å². The van der Waals surface area contributed by atoms with Gasteiger partial charge in [0.2, 0.25) is 17.7 Å². The molecule has 0 aliphatic heterocycles. The summed E-state index contributed by atoms with van der Waals surface area (Å²) in [5, 5.41) is 13.4. The molecular weight excluding hydrogens is 278 g/mol.